The topological polar surface area (TPSA) is 60.9 Å². The molecule has 7 heteroatoms. The van der Waals surface area contributed by atoms with Crippen LogP contribution in [0.2, 0.25) is 0 Å². The molecule has 1 aromatic heterocycles. The number of hydrogen-bond acceptors (Lipinski definition) is 2. The average molecular weight is 405 g/mol. The molecule has 0 unspecified atom stereocenters. The van der Waals surface area contributed by atoms with E-state index in [1.54, 1.807) is 0 Å². The van der Waals surface area contributed by atoms with Crippen LogP contribution in [0.1, 0.15) is 77.2 Å². The molecule has 1 aromatic carbocycles. The lowest BCUT2D eigenvalue weighted by molar-refractivity contribution is -0.137. The summed E-state index contributed by atoms with van der Waals surface area (Å²) in [5.74, 6) is -0.220. The lowest BCUT2D eigenvalue weighted by atomic mass is 9.77. The van der Waals surface area contributed by atoms with Crippen LogP contribution in [0.4, 0.5) is 13.2 Å². The number of aromatic nitrogens is 2. The molecule has 1 heterocycles. The molecule has 2 N–H and O–H groups in total. The van der Waals surface area contributed by atoms with Gasteiger partial charge < -0.3 is 5.73 Å². The second kappa shape index (κ2) is 7.84. The van der Waals surface area contributed by atoms with Crippen LogP contribution in [0, 0.1) is 5.92 Å². The molecule has 2 aromatic rings. The molecule has 2 aliphatic carbocycles. The number of halogens is 3. The van der Waals surface area contributed by atoms with Gasteiger partial charge in [-0.05, 0) is 86.5 Å². The fraction of sp³-hybridized carbons (Fsp3) is 0.545. The lowest BCUT2D eigenvalue weighted by Crippen LogP contribution is -2.23. The van der Waals surface area contributed by atoms with Crippen LogP contribution in [-0.2, 0) is 25.6 Å². The van der Waals surface area contributed by atoms with E-state index >= 15 is 0 Å². The van der Waals surface area contributed by atoms with Gasteiger partial charge in [-0.2, -0.15) is 18.3 Å². The fourth-order valence-corrected chi connectivity index (χ4v) is 4.92. The van der Waals surface area contributed by atoms with E-state index in [1.807, 2.05) is 6.20 Å². The third-order valence-electron chi connectivity index (χ3n) is 6.51. The fourth-order valence-electron chi connectivity index (χ4n) is 4.92. The minimum atomic E-state index is -4.48. The van der Waals surface area contributed by atoms with Gasteiger partial charge >= 0.3 is 6.18 Å². The summed E-state index contributed by atoms with van der Waals surface area (Å²) < 4.78 is 41.1. The molecule has 1 fully saturated rings. The first-order chi connectivity index (χ1) is 13.8. The Kier molecular flexibility index (Phi) is 5.40. The van der Waals surface area contributed by atoms with Gasteiger partial charge in [-0.3, -0.25) is 9.48 Å². The highest BCUT2D eigenvalue weighted by atomic mass is 19.4. The number of primary amides is 1. The summed E-state index contributed by atoms with van der Waals surface area (Å²) in [7, 11) is 0. The molecule has 1 amide bonds. The maximum Gasteiger partial charge on any atom is 0.416 e. The van der Waals surface area contributed by atoms with E-state index in [0.29, 0.717) is 11.5 Å². The number of nitrogens with zero attached hydrogens (tertiary/aromatic N) is 2. The predicted molar refractivity (Wildman–Crippen MR) is 104 cm³/mol. The van der Waals surface area contributed by atoms with Crippen molar-refractivity contribution in [2.75, 3.05) is 0 Å². The minimum Gasteiger partial charge on any atom is -0.366 e. The van der Waals surface area contributed by atoms with E-state index in [1.165, 1.54) is 30.2 Å². The second-order valence-electron chi connectivity index (χ2n) is 8.39. The van der Waals surface area contributed by atoms with Crippen molar-refractivity contribution in [3.05, 3.63) is 52.3 Å². The summed E-state index contributed by atoms with van der Waals surface area (Å²) in [5.41, 5.74) is 7.98. The highest BCUT2D eigenvalue weighted by Crippen LogP contribution is 2.40. The molecule has 156 valence electrons. The van der Waals surface area contributed by atoms with Gasteiger partial charge in [0.1, 0.15) is 0 Å². The second-order valence-corrected chi connectivity index (χ2v) is 8.39. The van der Waals surface area contributed by atoms with Crippen LogP contribution < -0.4 is 5.73 Å². The number of alkyl halides is 3. The largest absolute Gasteiger partial charge is 0.416 e. The summed E-state index contributed by atoms with van der Waals surface area (Å²) in [4.78, 5) is 11.8. The first kappa shape index (κ1) is 20.0. The average Bonchev–Trinajstić information content (AvgIpc) is 3.10. The summed E-state index contributed by atoms with van der Waals surface area (Å²) in [6.45, 7) is 0.901. The SMILES string of the molecule is NC(=O)c1cc(C(F)(F)F)ccc1C1CCC(Cn2ncc3c2CCCC3)CC1. The van der Waals surface area contributed by atoms with Crippen molar-refractivity contribution in [1.29, 1.82) is 0 Å². The minimum absolute atomic E-state index is 0.00409. The van der Waals surface area contributed by atoms with Crippen molar-refractivity contribution in [2.45, 2.75) is 70.0 Å². The molecule has 0 aliphatic heterocycles. The van der Waals surface area contributed by atoms with E-state index < -0.39 is 17.6 Å². The van der Waals surface area contributed by atoms with E-state index in [-0.39, 0.29) is 11.5 Å². The molecule has 0 radical (unpaired) electrons. The van der Waals surface area contributed by atoms with E-state index in [0.717, 1.165) is 57.2 Å². The van der Waals surface area contributed by atoms with Gasteiger partial charge in [-0.25, -0.2) is 0 Å². The van der Waals surface area contributed by atoms with Gasteiger partial charge in [0, 0.05) is 17.8 Å². The summed E-state index contributed by atoms with van der Waals surface area (Å²) in [6, 6.07) is 3.40. The Bertz CT molecular complexity index is 895. The first-order valence-electron chi connectivity index (χ1n) is 10.4. The molecule has 0 bridgehead atoms. The van der Waals surface area contributed by atoms with Crippen LogP contribution in [0.5, 0.6) is 0 Å². The van der Waals surface area contributed by atoms with E-state index in [2.05, 4.69) is 9.78 Å². The van der Waals surface area contributed by atoms with E-state index in [4.69, 9.17) is 5.73 Å². The van der Waals surface area contributed by atoms with Crippen LogP contribution in [0.15, 0.2) is 24.4 Å². The van der Waals surface area contributed by atoms with Crippen LogP contribution in [0.25, 0.3) is 0 Å². The van der Waals surface area contributed by atoms with Gasteiger partial charge in [-0.1, -0.05) is 6.07 Å². The normalized spacial score (nSPS) is 22.3. The van der Waals surface area contributed by atoms with Gasteiger partial charge in [0.05, 0.1) is 11.8 Å². The monoisotopic (exact) mass is 405 g/mol. The molecule has 0 atom stereocenters. The van der Waals surface area contributed by atoms with Crippen molar-refractivity contribution in [2.24, 2.45) is 11.7 Å². The number of amides is 1. The molecule has 0 spiro atoms. The Labute approximate surface area is 168 Å². The van der Waals surface area contributed by atoms with Crippen molar-refractivity contribution < 1.29 is 18.0 Å². The Morgan fingerprint density at radius 1 is 1.14 bits per heavy atom. The Hall–Kier alpha value is -2.31. The third kappa shape index (κ3) is 4.19. The van der Waals surface area contributed by atoms with Gasteiger partial charge in [0.25, 0.3) is 0 Å². The Morgan fingerprint density at radius 3 is 2.55 bits per heavy atom. The predicted octanol–water partition coefficient (Wildman–Crippen LogP) is 4.85. The number of benzene rings is 1. The number of carbonyl (C=O) groups excluding carboxylic acids is 1. The number of fused-ring (bicyclic) bond motifs is 1. The quantitative estimate of drug-likeness (QED) is 0.790. The number of rotatable bonds is 4. The molecule has 2 aliphatic rings. The number of carbonyl (C=O) groups is 1. The molecule has 4 nitrogen and oxygen atoms in total. The molecule has 4 rings (SSSR count). The zero-order valence-corrected chi connectivity index (χ0v) is 16.3. The van der Waals surface area contributed by atoms with Crippen molar-refractivity contribution in [3.8, 4) is 0 Å². The van der Waals surface area contributed by atoms with Gasteiger partial charge in [0.2, 0.25) is 5.91 Å². The van der Waals surface area contributed by atoms with Crippen LogP contribution in [-0.4, -0.2) is 15.7 Å². The third-order valence-corrected chi connectivity index (χ3v) is 6.51. The molecule has 1 saturated carbocycles. The first-order valence-corrected chi connectivity index (χ1v) is 10.4. The smallest absolute Gasteiger partial charge is 0.366 e. The zero-order valence-electron chi connectivity index (χ0n) is 16.3. The van der Waals surface area contributed by atoms with Crippen molar-refractivity contribution in [3.63, 3.8) is 0 Å². The van der Waals surface area contributed by atoms with Crippen molar-refractivity contribution in [1.82, 2.24) is 9.78 Å². The Balaban J connectivity index is 1.44. The lowest BCUT2D eigenvalue weighted by Gasteiger charge is -2.30. The van der Waals surface area contributed by atoms with Gasteiger partial charge in [-0.15, -0.1) is 0 Å². The number of hydrogen-bond donors (Lipinski definition) is 1. The number of nitrogens with two attached hydrogens (primary N) is 1. The van der Waals surface area contributed by atoms with E-state index in [9.17, 15) is 18.0 Å². The molecular weight excluding hydrogens is 379 g/mol. The molecule has 0 saturated heterocycles. The standard InChI is InChI=1S/C22H26F3N3O/c23-22(24,25)17-9-10-18(19(11-17)21(26)29)15-7-5-14(6-8-15)13-28-20-4-2-1-3-16(20)12-27-28/h9-12,14-15H,1-8,13H2,(H2,26,29). The summed E-state index contributed by atoms with van der Waals surface area (Å²) in [6.07, 6.45) is 5.82. The number of aryl methyl sites for hydroxylation is 1. The highest BCUT2D eigenvalue weighted by Gasteiger charge is 2.33. The van der Waals surface area contributed by atoms with Crippen molar-refractivity contribution >= 4 is 5.91 Å². The zero-order chi connectivity index (χ0) is 20.6. The van der Waals surface area contributed by atoms with Crippen LogP contribution in [0.3, 0.4) is 0 Å². The van der Waals surface area contributed by atoms with Crippen LogP contribution >= 0.6 is 0 Å². The Morgan fingerprint density at radius 2 is 1.86 bits per heavy atom. The highest BCUT2D eigenvalue weighted by molar-refractivity contribution is 5.94. The molecular formula is C22H26F3N3O. The maximum absolute atomic E-state index is 13.0. The maximum atomic E-state index is 13.0. The summed E-state index contributed by atoms with van der Waals surface area (Å²) >= 11 is 0. The summed E-state index contributed by atoms with van der Waals surface area (Å²) in [5, 5.41) is 4.59. The molecule has 29 heavy (non-hydrogen) atoms. The van der Waals surface area contributed by atoms with Gasteiger partial charge in [0.15, 0.2) is 0 Å².